The molecule has 100 valence electrons. The second kappa shape index (κ2) is 5.70. The zero-order chi connectivity index (χ0) is 13.2. The molecule has 2 unspecified atom stereocenters. The fourth-order valence-corrected chi connectivity index (χ4v) is 3.58. The van der Waals surface area contributed by atoms with Gasteiger partial charge >= 0.3 is 0 Å². The van der Waals surface area contributed by atoms with Gasteiger partial charge in [0.05, 0.1) is 0 Å². The molecule has 1 aliphatic carbocycles. The number of rotatable bonds is 4. The molecule has 0 saturated heterocycles. The van der Waals surface area contributed by atoms with Crippen molar-refractivity contribution in [3.05, 3.63) is 34.1 Å². The summed E-state index contributed by atoms with van der Waals surface area (Å²) in [6.45, 7) is 2.90. The van der Waals surface area contributed by atoms with Crippen LogP contribution >= 0.6 is 15.9 Å². The Morgan fingerprint density at radius 3 is 2.89 bits per heavy atom. The first-order valence-corrected chi connectivity index (χ1v) is 7.52. The number of hydrogen-bond acceptors (Lipinski definition) is 1. The van der Waals surface area contributed by atoms with Gasteiger partial charge in [0.2, 0.25) is 0 Å². The van der Waals surface area contributed by atoms with E-state index in [0.717, 1.165) is 35.2 Å². The molecule has 1 fully saturated rings. The average molecular weight is 314 g/mol. The van der Waals surface area contributed by atoms with Gasteiger partial charge < -0.3 is 5.73 Å². The first kappa shape index (κ1) is 14.0. The zero-order valence-corrected chi connectivity index (χ0v) is 12.5. The lowest BCUT2D eigenvalue weighted by Crippen LogP contribution is -2.30. The highest BCUT2D eigenvalue weighted by Crippen LogP contribution is 2.45. The number of nitrogens with two attached hydrogens (primary N) is 1. The van der Waals surface area contributed by atoms with Crippen LogP contribution in [0.25, 0.3) is 0 Å². The highest BCUT2D eigenvalue weighted by atomic mass is 79.9. The van der Waals surface area contributed by atoms with Crippen molar-refractivity contribution in [2.75, 3.05) is 6.54 Å². The van der Waals surface area contributed by atoms with Gasteiger partial charge in [-0.1, -0.05) is 29.3 Å². The van der Waals surface area contributed by atoms with Gasteiger partial charge in [-0.05, 0) is 67.3 Å². The molecule has 1 aromatic rings. The molecule has 3 heteroatoms. The van der Waals surface area contributed by atoms with Gasteiger partial charge in [-0.15, -0.1) is 0 Å². The van der Waals surface area contributed by atoms with Crippen molar-refractivity contribution >= 4 is 15.9 Å². The predicted octanol–water partition coefficient (Wildman–Crippen LogP) is 4.29. The highest BCUT2D eigenvalue weighted by molar-refractivity contribution is 9.10. The minimum atomic E-state index is -0.106. The van der Waals surface area contributed by atoms with Gasteiger partial charge in [-0.3, -0.25) is 0 Å². The van der Waals surface area contributed by atoms with Crippen LogP contribution in [-0.4, -0.2) is 6.54 Å². The van der Waals surface area contributed by atoms with Crippen molar-refractivity contribution in [3.63, 3.8) is 0 Å². The minimum Gasteiger partial charge on any atom is -0.330 e. The van der Waals surface area contributed by atoms with Crippen molar-refractivity contribution in [3.8, 4) is 0 Å². The smallest absolute Gasteiger partial charge is 0.126 e. The van der Waals surface area contributed by atoms with Crippen LogP contribution in [0.15, 0.2) is 22.7 Å². The van der Waals surface area contributed by atoms with Crippen molar-refractivity contribution in [1.29, 1.82) is 0 Å². The quantitative estimate of drug-likeness (QED) is 0.881. The van der Waals surface area contributed by atoms with E-state index < -0.39 is 0 Å². The van der Waals surface area contributed by atoms with Gasteiger partial charge in [-0.25, -0.2) is 4.39 Å². The molecule has 1 saturated carbocycles. The summed E-state index contributed by atoms with van der Waals surface area (Å²) in [4.78, 5) is 0. The lowest BCUT2D eigenvalue weighted by Gasteiger charge is -2.28. The summed E-state index contributed by atoms with van der Waals surface area (Å²) in [6, 6.07) is 5.18. The maximum Gasteiger partial charge on any atom is 0.126 e. The maximum absolute atomic E-state index is 13.8. The van der Waals surface area contributed by atoms with Crippen LogP contribution in [0.1, 0.15) is 38.2 Å². The summed E-state index contributed by atoms with van der Waals surface area (Å²) in [7, 11) is 0. The fourth-order valence-electron chi connectivity index (χ4n) is 3.18. The Morgan fingerprint density at radius 1 is 1.50 bits per heavy atom. The molecule has 2 N–H and O–H groups in total. The van der Waals surface area contributed by atoms with Crippen molar-refractivity contribution in [1.82, 2.24) is 0 Å². The number of hydrogen-bond donors (Lipinski definition) is 1. The molecule has 1 aliphatic rings. The number of halogens is 2. The Hall–Kier alpha value is -0.410. The summed E-state index contributed by atoms with van der Waals surface area (Å²) >= 11 is 3.41. The molecule has 2 atom stereocenters. The van der Waals surface area contributed by atoms with Crippen molar-refractivity contribution in [2.24, 2.45) is 17.1 Å². The molecule has 0 bridgehead atoms. The molecule has 2 rings (SSSR count). The Kier molecular flexibility index (Phi) is 4.44. The minimum absolute atomic E-state index is 0.106. The summed E-state index contributed by atoms with van der Waals surface area (Å²) in [5.74, 6) is 0.662. The molecule has 1 aromatic carbocycles. The van der Waals surface area contributed by atoms with Gasteiger partial charge in [-0.2, -0.15) is 0 Å². The molecule has 18 heavy (non-hydrogen) atoms. The van der Waals surface area contributed by atoms with E-state index in [-0.39, 0.29) is 11.2 Å². The summed E-state index contributed by atoms with van der Waals surface area (Å²) in [5, 5.41) is 0. The third-order valence-corrected chi connectivity index (χ3v) is 4.88. The summed E-state index contributed by atoms with van der Waals surface area (Å²) < 4.78 is 14.8. The van der Waals surface area contributed by atoms with Crippen LogP contribution in [0.4, 0.5) is 4.39 Å². The van der Waals surface area contributed by atoms with Gasteiger partial charge in [0.25, 0.3) is 0 Å². The Balaban J connectivity index is 2.18. The maximum atomic E-state index is 13.8. The largest absolute Gasteiger partial charge is 0.330 e. The second-order valence-corrected chi connectivity index (χ2v) is 6.55. The van der Waals surface area contributed by atoms with E-state index in [9.17, 15) is 4.39 Å². The molecule has 0 spiro atoms. The highest BCUT2D eigenvalue weighted by Gasteiger charge is 2.37. The fraction of sp³-hybridized carbons (Fsp3) is 0.600. The van der Waals surface area contributed by atoms with Crippen LogP contribution in [0.3, 0.4) is 0 Å². The third-order valence-electron chi connectivity index (χ3n) is 4.39. The molecule has 0 aromatic heterocycles. The zero-order valence-electron chi connectivity index (χ0n) is 10.9. The van der Waals surface area contributed by atoms with E-state index in [4.69, 9.17) is 5.73 Å². The lowest BCUT2D eigenvalue weighted by molar-refractivity contribution is 0.287. The third kappa shape index (κ3) is 2.94. The molecular formula is C15H21BrFN. The topological polar surface area (TPSA) is 26.0 Å². The van der Waals surface area contributed by atoms with Gasteiger partial charge in [0, 0.05) is 4.47 Å². The van der Waals surface area contributed by atoms with Crippen LogP contribution < -0.4 is 5.73 Å². The molecule has 0 aliphatic heterocycles. The summed E-state index contributed by atoms with van der Waals surface area (Å²) in [6.07, 6.45) is 5.50. The van der Waals surface area contributed by atoms with E-state index in [1.54, 1.807) is 6.07 Å². The Morgan fingerprint density at radius 2 is 2.28 bits per heavy atom. The SMILES string of the molecule is CCC1CCC(CN)(Cc2cc(Br)ccc2F)C1. The van der Waals surface area contributed by atoms with Crippen molar-refractivity contribution < 1.29 is 4.39 Å². The van der Waals surface area contributed by atoms with E-state index in [1.165, 1.54) is 18.9 Å². The van der Waals surface area contributed by atoms with E-state index in [1.807, 2.05) is 6.07 Å². The summed E-state index contributed by atoms with van der Waals surface area (Å²) in [5.41, 5.74) is 6.90. The molecule has 0 radical (unpaired) electrons. The average Bonchev–Trinajstić information content (AvgIpc) is 2.78. The normalized spacial score (nSPS) is 27.7. The van der Waals surface area contributed by atoms with E-state index in [0.29, 0.717) is 6.54 Å². The first-order chi connectivity index (χ1) is 8.58. The van der Waals surface area contributed by atoms with Crippen LogP contribution in [0.5, 0.6) is 0 Å². The monoisotopic (exact) mass is 313 g/mol. The van der Waals surface area contributed by atoms with Crippen LogP contribution in [0, 0.1) is 17.2 Å². The van der Waals surface area contributed by atoms with E-state index in [2.05, 4.69) is 22.9 Å². The predicted molar refractivity (Wildman–Crippen MR) is 76.9 cm³/mol. The molecule has 0 amide bonds. The number of benzene rings is 1. The molecular weight excluding hydrogens is 293 g/mol. The second-order valence-electron chi connectivity index (χ2n) is 5.63. The lowest BCUT2D eigenvalue weighted by atomic mass is 9.79. The van der Waals surface area contributed by atoms with E-state index >= 15 is 0 Å². The molecule has 0 heterocycles. The van der Waals surface area contributed by atoms with Gasteiger partial charge in [0.1, 0.15) is 5.82 Å². The van der Waals surface area contributed by atoms with Crippen LogP contribution in [-0.2, 0) is 6.42 Å². The Bertz CT molecular complexity index is 421. The Labute approximate surface area is 117 Å². The molecule has 1 nitrogen and oxygen atoms in total. The standard InChI is InChI=1S/C15H21BrFN/c1-2-11-5-6-15(8-11,10-18)9-12-7-13(16)3-4-14(12)17/h3-4,7,11H,2,5-6,8-10,18H2,1H3. The van der Waals surface area contributed by atoms with Crippen LogP contribution in [0.2, 0.25) is 0 Å². The van der Waals surface area contributed by atoms with Gasteiger partial charge in [0.15, 0.2) is 0 Å². The first-order valence-electron chi connectivity index (χ1n) is 6.72. The van der Waals surface area contributed by atoms with Crippen molar-refractivity contribution in [2.45, 2.75) is 39.0 Å².